The summed E-state index contributed by atoms with van der Waals surface area (Å²) in [5.74, 6) is 1.43. The Morgan fingerprint density at radius 1 is 0.857 bits per heavy atom. The van der Waals surface area contributed by atoms with Gasteiger partial charge in [-0.25, -0.2) is 9.79 Å². The van der Waals surface area contributed by atoms with Crippen molar-refractivity contribution in [2.24, 2.45) is 15.2 Å². The normalized spacial score (nSPS) is 18.6. The standard InChI is InChI=1S/C48H59N9O5S/c1-35-15-11-18-38(29-35)52-47(60)54-45-46(59)56(2)42-22-6-5-21-41(42)44(53-45)37-17-13-20-40(31-37)62-33-43(58)49-24-8-3-7-23-48(55-51-34-63-48)50-25-14-28-61-39-19-12-16-36(30-39)32-57-26-9-4-10-27-57/h5-6,11-13,15-22,29-31,45,50H,3-4,7-10,14,23-28,32-34H2,1-2H3,(H,49,58)(H2,52,54,60). The highest BCUT2D eigenvalue weighted by Gasteiger charge is 2.33. The maximum absolute atomic E-state index is 13.6. The largest absolute Gasteiger partial charge is 0.494 e. The number of rotatable bonds is 20. The van der Waals surface area contributed by atoms with Crippen LogP contribution in [0.25, 0.3) is 0 Å². The number of carbonyl (C=O) groups excluding carboxylic acids is 3. The first-order valence-corrected chi connectivity index (χ1v) is 23.0. The molecule has 15 heteroatoms. The van der Waals surface area contributed by atoms with E-state index in [4.69, 9.17) is 14.5 Å². The van der Waals surface area contributed by atoms with E-state index in [1.165, 1.54) is 42.8 Å². The molecule has 4 amide bonds. The summed E-state index contributed by atoms with van der Waals surface area (Å²) in [5, 5.41) is 21.0. The van der Waals surface area contributed by atoms with Gasteiger partial charge in [0.1, 0.15) is 17.4 Å². The molecule has 0 radical (unpaired) electrons. The zero-order valence-corrected chi connectivity index (χ0v) is 37.1. The minimum absolute atomic E-state index is 0.158. The maximum Gasteiger partial charge on any atom is 0.321 e. The fourth-order valence-corrected chi connectivity index (χ4v) is 8.88. The first kappa shape index (κ1) is 45.3. The van der Waals surface area contributed by atoms with Crippen LogP contribution in [0.3, 0.4) is 0 Å². The number of nitrogens with one attached hydrogen (secondary N) is 4. The second kappa shape index (κ2) is 22.5. The van der Waals surface area contributed by atoms with E-state index in [-0.39, 0.29) is 12.5 Å². The van der Waals surface area contributed by atoms with Gasteiger partial charge in [-0.2, -0.15) is 10.2 Å². The molecule has 4 N–H and O–H groups in total. The van der Waals surface area contributed by atoms with Crippen LogP contribution < -0.4 is 35.6 Å². The molecule has 0 aromatic heterocycles. The van der Waals surface area contributed by atoms with Crippen molar-refractivity contribution in [3.8, 4) is 11.5 Å². The fraction of sp³-hybridized carbons (Fsp3) is 0.417. The highest BCUT2D eigenvalue weighted by atomic mass is 32.2. The van der Waals surface area contributed by atoms with E-state index >= 15 is 0 Å². The zero-order valence-electron chi connectivity index (χ0n) is 36.3. The van der Waals surface area contributed by atoms with Crippen LogP contribution >= 0.6 is 11.8 Å². The molecule has 3 heterocycles. The Bertz CT molecular complexity index is 2250. The monoisotopic (exact) mass is 873 g/mol. The summed E-state index contributed by atoms with van der Waals surface area (Å²) in [6.45, 7) is 7.07. The lowest BCUT2D eigenvalue weighted by atomic mass is 10.00. The number of anilines is 2. The van der Waals surface area contributed by atoms with Crippen LogP contribution in [-0.4, -0.2) is 91.9 Å². The number of benzodiazepines with no additional fused rings is 1. The van der Waals surface area contributed by atoms with Crippen molar-refractivity contribution < 1.29 is 23.9 Å². The van der Waals surface area contributed by atoms with E-state index < -0.39 is 23.1 Å². The number of urea groups is 1. The van der Waals surface area contributed by atoms with E-state index in [0.717, 1.165) is 56.5 Å². The molecule has 2 unspecified atom stereocenters. The third kappa shape index (κ3) is 13.1. The minimum atomic E-state index is -1.20. The summed E-state index contributed by atoms with van der Waals surface area (Å²) in [4.78, 5) is 47.9. The number of azo groups is 1. The minimum Gasteiger partial charge on any atom is -0.494 e. The van der Waals surface area contributed by atoms with Crippen molar-refractivity contribution in [3.63, 3.8) is 0 Å². The van der Waals surface area contributed by atoms with Crippen LogP contribution in [0.1, 0.15) is 73.6 Å². The molecule has 0 aliphatic carbocycles. The molecule has 63 heavy (non-hydrogen) atoms. The highest BCUT2D eigenvalue weighted by Crippen LogP contribution is 2.35. The van der Waals surface area contributed by atoms with E-state index in [1.807, 2.05) is 67.6 Å². The number of benzene rings is 4. The van der Waals surface area contributed by atoms with Crippen LogP contribution in [0.2, 0.25) is 0 Å². The van der Waals surface area contributed by atoms with Gasteiger partial charge in [0.25, 0.3) is 11.8 Å². The Morgan fingerprint density at radius 2 is 1.67 bits per heavy atom. The van der Waals surface area contributed by atoms with Crippen LogP contribution in [-0.2, 0) is 16.1 Å². The molecular weight excluding hydrogens is 815 g/mol. The molecular formula is C48H59N9O5S. The molecule has 0 bridgehead atoms. The molecule has 0 saturated carbocycles. The van der Waals surface area contributed by atoms with E-state index in [0.29, 0.717) is 53.0 Å². The van der Waals surface area contributed by atoms with Crippen molar-refractivity contribution in [1.29, 1.82) is 0 Å². The van der Waals surface area contributed by atoms with Crippen molar-refractivity contribution in [1.82, 2.24) is 20.9 Å². The molecule has 1 fully saturated rings. The molecule has 332 valence electrons. The van der Waals surface area contributed by atoms with Crippen molar-refractivity contribution in [3.05, 3.63) is 119 Å². The van der Waals surface area contributed by atoms with Crippen molar-refractivity contribution in [2.45, 2.75) is 76.0 Å². The number of piperidine rings is 1. The van der Waals surface area contributed by atoms with Gasteiger partial charge < -0.3 is 30.3 Å². The second-order valence-corrected chi connectivity index (χ2v) is 17.4. The molecule has 4 aromatic carbocycles. The number of para-hydroxylation sites is 1. The molecule has 3 aliphatic rings. The van der Waals surface area contributed by atoms with E-state index in [1.54, 1.807) is 37.0 Å². The number of unbranched alkanes of at least 4 members (excludes halogenated alkanes) is 2. The number of hydrogen-bond donors (Lipinski definition) is 4. The number of ether oxygens (including phenoxy) is 2. The Morgan fingerprint density at radius 3 is 2.49 bits per heavy atom. The summed E-state index contributed by atoms with van der Waals surface area (Å²) < 4.78 is 12.0. The third-order valence-corrected chi connectivity index (χ3v) is 12.4. The zero-order chi connectivity index (χ0) is 43.9. The molecule has 7 rings (SSSR count). The van der Waals surface area contributed by atoms with Crippen LogP contribution in [0.5, 0.6) is 11.5 Å². The average Bonchev–Trinajstić information content (AvgIpc) is 3.73. The van der Waals surface area contributed by atoms with Gasteiger partial charge >= 0.3 is 6.03 Å². The summed E-state index contributed by atoms with van der Waals surface area (Å²) in [6.07, 6.45) is 7.14. The fourth-order valence-electron chi connectivity index (χ4n) is 7.95. The average molecular weight is 874 g/mol. The lowest BCUT2D eigenvalue weighted by molar-refractivity contribution is -0.123. The Balaban J connectivity index is 0.834. The van der Waals surface area contributed by atoms with Crippen LogP contribution in [0.15, 0.2) is 112 Å². The number of aliphatic imine (C=N–C) groups is 1. The predicted octanol–water partition coefficient (Wildman–Crippen LogP) is 7.87. The quantitative estimate of drug-likeness (QED) is 0.0653. The van der Waals surface area contributed by atoms with Gasteiger partial charge in [-0.15, -0.1) is 0 Å². The third-order valence-electron chi connectivity index (χ3n) is 11.2. The topological polar surface area (TPSA) is 161 Å². The number of likely N-dealkylation sites (N-methyl/N-ethyl adjacent to an activating group) is 1. The second-order valence-electron chi connectivity index (χ2n) is 16.2. The first-order chi connectivity index (χ1) is 30.7. The predicted molar refractivity (Wildman–Crippen MR) is 250 cm³/mol. The summed E-state index contributed by atoms with van der Waals surface area (Å²) in [5.41, 5.74) is 5.43. The number of fused-ring (bicyclic) bond motifs is 1. The summed E-state index contributed by atoms with van der Waals surface area (Å²) in [7, 11) is 1.66. The molecule has 0 spiro atoms. The van der Waals surface area contributed by atoms with Crippen LogP contribution in [0.4, 0.5) is 16.2 Å². The number of carbonyl (C=O) groups is 3. The van der Waals surface area contributed by atoms with E-state index in [9.17, 15) is 14.4 Å². The van der Waals surface area contributed by atoms with Gasteiger partial charge in [-0.1, -0.05) is 79.2 Å². The number of thioether (sulfide) groups is 1. The lowest BCUT2D eigenvalue weighted by Crippen LogP contribution is -2.47. The Hall–Kier alpha value is -5.77. The molecule has 14 nitrogen and oxygen atoms in total. The Kier molecular flexibility index (Phi) is 16.2. The van der Waals surface area contributed by atoms with Crippen molar-refractivity contribution in [2.75, 3.05) is 62.5 Å². The van der Waals surface area contributed by atoms with Gasteiger partial charge in [0, 0.05) is 43.5 Å². The van der Waals surface area contributed by atoms with Gasteiger partial charge in [0.2, 0.25) is 6.17 Å². The van der Waals surface area contributed by atoms with Crippen LogP contribution in [0, 0.1) is 6.92 Å². The summed E-state index contributed by atoms with van der Waals surface area (Å²) in [6, 6.07) is 30.0. The van der Waals surface area contributed by atoms with Gasteiger partial charge in [-0.05, 0) is 112 Å². The number of hydrogen-bond acceptors (Lipinski definition) is 11. The molecule has 2 atom stereocenters. The molecule has 1 saturated heterocycles. The number of nitrogens with zero attached hydrogens (tertiary/aromatic N) is 5. The van der Waals surface area contributed by atoms with Gasteiger partial charge in [0.15, 0.2) is 11.6 Å². The molecule has 4 aromatic rings. The van der Waals surface area contributed by atoms with Gasteiger partial charge in [-0.3, -0.25) is 19.8 Å². The van der Waals surface area contributed by atoms with Crippen molar-refractivity contribution >= 4 is 46.7 Å². The Labute approximate surface area is 374 Å². The van der Waals surface area contributed by atoms with E-state index in [2.05, 4.69) is 54.6 Å². The smallest absolute Gasteiger partial charge is 0.321 e. The first-order valence-electron chi connectivity index (χ1n) is 22.0. The number of likely N-dealkylation sites (tertiary alicyclic amines) is 1. The van der Waals surface area contributed by atoms with Gasteiger partial charge in [0.05, 0.1) is 18.0 Å². The molecule has 3 aliphatic heterocycles. The lowest BCUT2D eigenvalue weighted by Gasteiger charge is -2.26. The number of amides is 4. The summed E-state index contributed by atoms with van der Waals surface area (Å²) >= 11 is 1.73. The SMILES string of the molecule is Cc1cccc(NC(=O)NC2N=C(c3cccc(OCC(=O)NCCCCCC4(NCCCOc5cccc(CN6CCCCC6)c5)N=NCS4)c3)c3ccccc3N(C)C2=O)c1. The number of aryl methyl sites for hydroxylation is 1. The highest BCUT2D eigenvalue weighted by molar-refractivity contribution is 8.00. The maximum atomic E-state index is 13.6.